The molecular weight excluding hydrogens is 301 g/mol. The van der Waals surface area contributed by atoms with Gasteiger partial charge in [0.15, 0.2) is 5.75 Å². The summed E-state index contributed by atoms with van der Waals surface area (Å²) in [6, 6.07) is 5.33. The van der Waals surface area contributed by atoms with Gasteiger partial charge in [-0.1, -0.05) is 23.2 Å². The van der Waals surface area contributed by atoms with E-state index in [1.807, 2.05) is 19.1 Å². The lowest BCUT2D eigenvalue weighted by Gasteiger charge is -2.12. The smallest absolute Gasteiger partial charge is 0.303 e. The standard InChI is InChI=1S/C14H13Cl2NO3/c1-8-4-5-9-10(15)7-11(16)14(13(9)17-8)20-6-2-3-12(18)19/h4-5,7H,2-3,6H2,1H3,(H,18,19). The number of carbonyl (C=O) groups is 1. The van der Waals surface area contributed by atoms with E-state index in [0.29, 0.717) is 27.7 Å². The number of ether oxygens (including phenoxy) is 1. The summed E-state index contributed by atoms with van der Waals surface area (Å²) in [6.07, 6.45) is 0.456. The van der Waals surface area contributed by atoms with Gasteiger partial charge in [-0.2, -0.15) is 0 Å². The Morgan fingerprint density at radius 1 is 1.35 bits per heavy atom. The molecule has 0 amide bonds. The van der Waals surface area contributed by atoms with Gasteiger partial charge in [0.05, 0.1) is 16.7 Å². The molecule has 0 aliphatic carbocycles. The van der Waals surface area contributed by atoms with E-state index in [1.54, 1.807) is 6.07 Å². The van der Waals surface area contributed by atoms with Crippen molar-refractivity contribution in [3.8, 4) is 5.75 Å². The van der Waals surface area contributed by atoms with Gasteiger partial charge in [-0.3, -0.25) is 4.79 Å². The van der Waals surface area contributed by atoms with Gasteiger partial charge in [-0.05, 0) is 31.5 Å². The van der Waals surface area contributed by atoms with Crippen LogP contribution < -0.4 is 4.74 Å². The number of halogens is 2. The molecule has 6 heteroatoms. The van der Waals surface area contributed by atoms with Crippen molar-refractivity contribution in [3.63, 3.8) is 0 Å². The van der Waals surface area contributed by atoms with Crippen molar-refractivity contribution in [2.45, 2.75) is 19.8 Å². The third kappa shape index (κ3) is 3.32. The van der Waals surface area contributed by atoms with E-state index in [9.17, 15) is 4.79 Å². The molecule has 2 rings (SSSR count). The number of aryl methyl sites for hydroxylation is 1. The lowest BCUT2D eigenvalue weighted by atomic mass is 10.2. The van der Waals surface area contributed by atoms with E-state index in [4.69, 9.17) is 33.0 Å². The van der Waals surface area contributed by atoms with Crippen LogP contribution in [0.5, 0.6) is 5.75 Å². The summed E-state index contributed by atoms with van der Waals surface area (Å²) in [7, 11) is 0. The average molecular weight is 314 g/mol. The van der Waals surface area contributed by atoms with Crippen LogP contribution in [0.3, 0.4) is 0 Å². The monoisotopic (exact) mass is 313 g/mol. The second-order valence-corrected chi connectivity index (χ2v) is 5.18. The molecule has 1 aromatic heterocycles. The number of hydrogen-bond acceptors (Lipinski definition) is 3. The number of carboxylic acid groups (broad SMARTS) is 1. The molecule has 106 valence electrons. The fourth-order valence-electron chi connectivity index (χ4n) is 1.83. The second-order valence-electron chi connectivity index (χ2n) is 4.36. The Morgan fingerprint density at radius 2 is 2.10 bits per heavy atom. The highest BCUT2D eigenvalue weighted by Crippen LogP contribution is 2.37. The maximum atomic E-state index is 10.5. The molecule has 1 heterocycles. The molecule has 0 aliphatic heterocycles. The van der Waals surface area contributed by atoms with Gasteiger partial charge in [0.2, 0.25) is 0 Å². The largest absolute Gasteiger partial charge is 0.490 e. The van der Waals surface area contributed by atoms with Crippen molar-refractivity contribution < 1.29 is 14.6 Å². The Morgan fingerprint density at radius 3 is 2.80 bits per heavy atom. The zero-order valence-corrected chi connectivity index (χ0v) is 12.3. The molecule has 0 bridgehead atoms. The minimum Gasteiger partial charge on any atom is -0.490 e. The predicted molar refractivity (Wildman–Crippen MR) is 78.9 cm³/mol. The van der Waals surface area contributed by atoms with Crippen molar-refractivity contribution in [1.82, 2.24) is 4.98 Å². The summed E-state index contributed by atoms with van der Waals surface area (Å²) in [5, 5.41) is 10.2. The predicted octanol–water partition coefficient (Wildman–Crippen LogP) is 4.09. The van der Waals surface area contributed by atoms with Gasteiger partial charge >= 0.3 is 5.97 Å². The highest BCUT2D eigenvalue weighted by Gasteiger charge is 2.13. The number of carboxylic acids is 1. The molecular formula is C14H13Cl2NO3. The third-order valence-electron chi connectivity index (χ3n) is 2.76. The van der Waals surface area contributed by atoms with Crippen LogP contribution in [-0.2, 0) is 4.79 Å². The SMILES string of the molecule is Cc1ccc2c(Cl)cc(Cl)c(OCCCC(=O)O)c2n1. The molecule has 0 atom stereocenters. The summed E-state index contributed by atoms with van der Waals surface area (Å²) < 4.78 is 5.59. The molecule has 0 aliphatic rings. The highest BCUT2D eigenvalue weighted by atomic mass is 35.5. The van der Waals surface area contributed by atoms with Crippen LogP contribution in [-0.4, -0.2) is 22.7 Å². The zero-order valence-electron chi connectivity index (χ0n) is 10.8. The fourth-order valence-corrected chi connectivity index (χ4v) is 2.40. The van der Waals surface area contributed by atoms with Crippen molar-refractivity contribution in [3.05, 3.63) is 33.9 Å². The molecule has 2 aromatic rings. The van der Waals surface area contributed by atoms with Gasteiger partial charge in [0.25, 0.3) is 0 Å². The van der Waals surface area contributed by atoms with E-state index in [-0.39, 0.29) is 13.0 Å². The number of pyridine rings is 1. The molecule has 0 saturated carbocycles. The summed E-state index contributed by atoms with van der Waals surface area (Å²) in [5.74, 6) is -0.408. The molecule has 0 unspecified atom stereocenters. The van der Waals surface area contributed by atoms with Crippen LogP contribution in [0.25, 0.3) is 10.9 Å². The van der Waals surface area contributed by atoms with Crippen LogP contribution in [0.15, 0.2) is 18.2 Å². The highest BCUT2D eigenvalue weighted by molar-refractivity contribution is 6.39. The first-order valence-corrected chi connectivity index (χ1v) is 6.84. The Hall–Kier alpha value is -1.52. The van der Waals surface area contributed by atoms with E-state index in [2.05, 4.69) is 4.98 Å². The number of aromatic nitrogens is 1. The van der Waals surface area contributed by atoms with Crippen molar-refractivity contribution in [1.29, 1.82) is 0 Å². The van der Waals surface area contributed by atoms with Gasteiger partial charge in [0.1, 0.15) is 5.52 Å². The van der Waals surface area contributed by atoms with Gasteiger partial charge in [-0.25, -0.2) is 4.98 Å². The van der Waals surface area contributed by atoms with Crippen LogP contribution in [0.4, 0.5) is 0 Å². The molecule has 0 spiro atoms. The molecule has 4 nitrogen and oxygen atoms in total. The van der Waals surface area contributed by atoms with E-state index >= 15 is 0 Å². The zero-order chi connectivity index (χ0) is 14.7. The first-order chi connectivity index (χ1) is 9.49. The Kier molecular flexibility index (Phi) is 4.68. The van der Waals surface area contributed by atoms with Gasteiger partial charge in [-0.15, -0.1) is 0 Å². The Labute approximate surface area is 126 Å². The minimum atomic E-state index is -0.852. The molecule has 0 radical (unpaired) electrons. The van der Waals surface area contributed by atoms with E-state index in [0.717, 1.165) is 11.1 Å². The van der Waals surface area contributed by atoms with Gasteiger partial charge in [0, 0.05) is 17.5 Å². The molecule has 20 heavy (non-hydrogen) atoms. The number of aliphatic carboxylic acids is 1. The van der Waals surface area contributed by atoms with Crippen molar-refractivity contribution >= 4 is 40.1 Å². The van der Waals surface area contributed by atoms with Crippen molar-refractivity contribution in [2.24, 2.45) is 0 Å². The topological polar surface area (TPSA) is 59.4 Å². The first kappa shape index (κ1) is 14.9. The van der Waals surface area contributed by atoms with Crippen LogP contribution >= 0.6 is 23.2 Å². The summed E-state index contributed by atoms with van der Waals surface area (Å²) in [6.45, 7) is 2.13. The molecule has 1 aromatic carbocycles. The van der Waals surface area contributed by atoms with Crippen LogP contribution in [0, 0.1) is 6.92 Å². The Bertz CT molecular complexity index is 658. The maximum absolute atomic E-state index is 10.5. The lowest BCUT2D eigenvalue weighted by Crippen LogP contribution is -2.03. The molecule has 0 saturated heterocycles. The average Bonchev–Trinajstić information content (AvgIpc) is 2.36. The summed E-state index contributed by atoms with van der Waals surface area (Å²) in [5.41, 5.74) is 1.42. The number of nitrogens with zero attached hydrogens (tertiary/aromatic N) is 1. The summed E-state index contributed by atoms with van der Waals surface area (Å²) >= 11 is 12.3. The van der Waals surface area contributed by atoms with Crippen LogP contribution in [0.2, 0.25) is 10.0 Å². The number of rotatable bonds is 5. The first-order valence-electron chi connectivity index (χ1n) is 6.09. The maximum Gasteiger partial charge on any atom is 0.303 e. The third-order valence-corrected chi connectivity index (χ3v) is 3.35. The quantitative estimate of drug-likeness (QED) is 0.844. The molecule has 0 fully saturated rings. The number of fused-ring (bicyclic) bond motifs is 1. The van der Waals surface area contributed by atoms with Gasteiger partial charge < -0.3 is 9.84 Å². The lowest BCUT2D eigenvalue weighted by molar-refractivity contribution is -0.137. The van der Waals surface area contributed by atoms with Crippen LogP contribution in [0.1, 0.15) is 18.5 Å². The minimum absolute atomic E-state index is 0.0512. The molecule has 1 N–H and O–H groups in total. The number of benzene rings is 1. The summed E-state index contributed by atoms with van der Waals surface area (Å²) in [4.78, 5) is 14.9. The fraction of sp³-hybridized carbons (Fsp3) is 0.286. The van der Waals surface area contributed by atoms with Crippen molar-refractivity contribution in [2.75, 3.05) is 6.61 Å². The van der Waals surface area contributed by atoms with E-state index < -0.39 is 5.97 Å². The number of hydrogen-bond donors (Lipinski definition) is 1. The Balaban J connectivity index is 2.31. The van der Waals surface area contributed by atoms with E-state index in [1.165, 1.54) is 0 Å². The normalized spacial score (nSPS) is 10.8. The second kappa shape index (κ2) is 6.29.